The van der Waals surface area contributed by atoms with Crippen LogP contribution >= 0.6 is 0 Å². The zero-order chi connectivity index (χ0) is 19.1. The van der Waals surface area contributed by atoms with Crippen LogP contribution in [0.5, 0.6) is 5.75 Å². The summed E-state index contributed by atoms with van der Waals surface area (Å²) in [6, 6.07) is 14.1. The van der Waals surface area contributed by atoms with Crippen LogP contribution in [0.1, 0.15) is 37.3 Å². The first-order chi connectivity index (χ1) is 12.4. The van der Waals surface area contributed by atoms with Crippen molar-refractivity contribution in [2.24, 2.45) is 0 Å². The van der Waals surface area contributed by atoms with Crippen LogP contribution in [0.4, 0.5) is 5.69 Å². The van der Waals surface area contributed by atoms with E-state index in [1.54, 1.807) is 25.2 Å². The number of amides is 1. The molecule has 0 aliphatic rings. The van der Waals surface area contributed by atoms with Crippen molar-refractivity contribution in [3.63, 3.8) is 0 Å². The lowest BCUT2D eigenvalue weighted by Crippen LogP contribution is -2.31. The summed E-state index contributed by atoms with van der Waals surface area (Å²) in [5, 5.41) is 11.1. The van der Waals surface area contributed by atoms with E-state index in [0.717, 1.165) is 12.0 Å². The smallest absolute Gasteiger partial charge is 0.274 e. The summed E-state index contributed by atoms with van der Waals surface area (Å²) in [4.78, 5) is 24.5. The minimum Gasteiger partial charge on any atom is -0.483 e. The predicted octanol–water partition coefficient (Wildman–Crippen LogP) is 4.15. The molecule has 0 fully saturated rings. The first-order valence-corrected chi connectivity index (χ1v) is 8.62. The van der Waals surface area contributed by atoms with Crippen LogP contribution in [0.25, 0.3) is 0 Å². The summed E-state index contributed by atoms with van der Waals surface area (Å²) in [6.45, 7) is 4.27. The van der Waals surface area contributed by atoms with E-state index in [4.69, 9.17) is 4.74 Å². The van der Waals surface area contributed by atoms with Crippen LogP contribution in [0.2, 0.25) is 0 Å². The van der Waals surface area contributed by atoms with Crippen molar-refractivity contribution >= 4 is 11.6 Å². The van der Waals surface area contributed by atoms with Gasteiger partial charge in [0.05, 0.1) is 11.5 Å². The highest BCUT2D eigenvalue weighted by Gasteiger charge is 2.18. The fourth-order valence-electron chi connectivity index (χ4n) is 2.66. The Morgan fingerprint density at radius 2 is 1.85 bits per heavy atom. The first-order valence-electron chi connectivity index (χ1n) is 8.62. The molecule has 6 nitrogen and oxygen atoms in total. The van der Waals surface area contributed by atoms with Gasteiger partial charge in [-0.3, -0.25) is 14.9 Å². The molecular formula is C20H24N2O4. The summed E-state index contributed by atoms with van der Waals surface area (Å²) < 4.78 is 5.73. The molecule has 1 amide bonds. The summed E-state index contributed by atoms with van der Waals surface area (Å²) in [6.07, 6.45) is 0.978. The maximum Gasteiger partial charge on any atom is 0.274 e. The molecule has 2 aromatic rings. The van der Waals surface area contributed by atoms with Crippen molar-refractivity contribution in [3.05, 3.63) is 69.8 Å². The lowest BCUT2D eigenvalue weighted by atomic mass is 9.98. The van der Waals surface area contributed by atoms with E-state index < -0.39 is 4.92 Å². The minimum atomic E-state index is -0.438. The summed E-state index contributed by atoms with van der Waals surface area (Å²) in [5.41, 5.74) is 1.58. The Bertz CT molecular complexity index is 776. The Labute approximate surface area is 153 Å². The zero-order valence-corrected chi connectivity index (χ0v) is 15.3. The van der Waals surface area contributed by atoms with Crippen LogP contribution in [0, 0.1) is 10.1 Å². The van der Waals surface area contributed by atoms with E-state index in [1.807, 2.05) is 24.3 Å². The van der Waals surface area contributed by atoms with E-state index >= 15 is 0 Å². The van der Waals surface area contributed by atoms with Crippen LogP contribution in [0.3, 0.4) is 0 Å². The second-order valence-corrected chi connectivity index (χ2v) is 6.27. The Hall–Kier alpha value is -2.89. The fraction of sp³-hybridized carbons (Fsp3) is 0.350. The van der Waals surface area contributed by atoms with Gasteiger partial charge in [-0.15, -0.1) is 0 Å². The SMILES string of the molecule is CCC(C)c1ccccc1OCC(=O)N(C)Cc1ccccc1[N+](=O)[O-]. The Morgan fingerprint density at radius 3 is 2.54 bits per heavy atom. The molecule has 0 saturated carbocycles. The standard InChI is InChI=1S/C20H24N2O4/c1-4-15(2)17-10-6-8-12-19(17)26-14-20(23)21(3)13-16-9-5-7-11-18(16)22(24)25/h5-12,15H,4,13-14H2,1-3H3. The molecule has 2 aromatic carbocycles. The Balaban J connectivity index is 2.02. The second kappa shape index (κ2) is 8.99. The average molecular weight is 356 g/mol. The van der Waals surface area contributed by atoms with E-state index in [1.165, 1.54) is 11.0 Å². The van der Waals surface area contributed by atoms with Crippen molar-refractivity contribution in [2.45, 2.75) is 32.7 Å². The van der Waals surface area contributed by atoms with Crippen LogP contribution in [-0.4, -0.2) is 29.4 Å². The molecule has 0 radical (unpaired) electrons. The molecule has 6 heteroatoms. The van der Waals surface area contributed by atoms with Gasteiger partial charge >= 0.3 is 0 Å². The van der Waals surface area contributed by atoms with E-state index in [2.05, 4.69) is 13.8 Å². The van der Waals surface area contributed by atoms with Gasteiger partial charge in [0.2, 0.25) is 0 Å². The van der Waals surface area contributed by atoms with Crippen LogP contribution in [-0.2, 0) is 11.3 Å². The highest BCUT2D eigenvalue weighted by atomic mass is 16.6. The van der Waals surface area contributed by atoms with Crippen molar-refractivity contribution in [2.75, 3.05) is 13.7 Å². The Morgan fingerprint density at radius 1 is 1.19 bits per heavy atom. The third kappa shape index (κ3) is 4.81. The fourth-order valence-corrected chi connectivity index (χ4v) is 2.66. The second-order valence-electron chi connectivity index (χ2n) is 6.27. The van der Waals surface area contributed by atoms with E-state index in [0.29, 0.717) is 17.2 Å². The van der Waals surface area contributed by atoms with E-state index in [-0.39, 0.29) is 24.7 Å². The number of carbonyl (C=O) groups is 1. The molecule has 0 heterocycles. The first kappa shape index (κ1) is 19.4. The molecule has 2 rings (SSSR count). The molecule has 0 aliphatic carbocycles. The van der Waals surface area contributed by atoms with Gasteiger partial charge < -0.3 is 9.64 Å². The maximum atomic E-state index is 12.4. The predicted molar refractivity (Wildman–Crippen MR) is 100 cm³/mol. The average Bonchev–Trinajstić information content (AvgIpc) is 2.65. The monoisotopic (exact) mass is 356 g/mol. The number of ether oxygens (including phenoxy) is 1. The lowest BCUT2D eigenvalue weighted by Gasteiger charge is -2.19. The normalized spacial score (nSPS) is 11.7. The number of carbonyl (C=O) groups excluding carboxylic acids is 1. The van der Waals surface area contributed by atoms with Gasteiger partial charge in [0, 0.05) is 18.7 Å². The number of hydrogen-bond acceptors (Lipinski definition) is 4. The molecule has 0 bridgehead atoms. The summed E-state index contributed by atoms with van der Waals surface area (Å²) >= 11 is 0. The quantitative estimate of drug-likeness (QED) is 0.526. The van der Waals surface area contributed by atoms with Gasteiger partial charge in [-0.1, -0.05) is 50.2 Å². The lowest BCUT2D eigenvalue weighted by molar-refractivity contribution is -0.385. The number of nitro groups is 1. The number of benzene rings is 2. The molecule has 0 aliphatic heterocycles. The molecule has 0 spiro atoms. The number of likely N-dealkylation sites (N-methyl/N-ethyl adjacent to an activating group) is 1. The van der Waals surface area contributed by atoms with Crippen molar-refractivity contribution in [3.8, 4) is 5.75 Å². The number of rotatable bonds is 8. The molecule has 26 heavy (non-hydrogen) atoms. The van der Waals surface area contributed by atoms with E-state index in [9.17, 15) is 14.9 Å². The van der Waals surface area contributed by atoms with Gasteiger partial charge in [-0.2, -0.15) is 0 Å². The maximum absolute atomic E-state index is 12.4. The van der Waals surface area contributed by atoms with Gasteiger partial charge in [0.25, 0.3) is 11.6 Å². The highest BCUT2D eigenvalue weighted by Crippen LogP contribution is 2.28. The molecule has 1 atom stereocenters. The van der Waals surface area contributed by atoms with Gasteiger partial charge in [0.15, 0.2) is 6.61 Å². The molecular weight excluding hydrogens is 332 g/mol. The number of nitrogens with zero attached hydrogens (tertiary/aromatic N) is 2. The third-order valence-corrected chi connectivity index (χ3v) is 4.44. The third-order valence-electron chi connectivity index (χ3n) is 4.44. The van der Waals surface area contributed by atoms with Crippen molar-refractivity contribution in [1.29, 1.82) is 0 Å². The minimum absolute atomic E-state index is 0.00943. The molecule has 138 valence electrons. The molecule has 0 saturated heterocycles. The molecule has 0 aromatic heterocycles. The van der Waals surface area contributed by atoms with Crippen molar-refractivity contribution in [1.82, 2.24) is 4.90 Å². The highest BCUT2D eigenvalue weighted by molar-refractivity contribution is 5.77. The van der Waals surface area contributed by atoms with Crippen LogP contribution in [0.15, 0.2) is 48.5 Å². The largest absolute Gasteiger partial charge is 0.483 e. The summed E-state index contributed by atoms with van der Waals surface area (Å²) in [5.74, 6) is 0.808. The molecule has 0 N–H and O–H groups in total. The molecule has 1 unspecified atom stereocenters. The van der Waals surface area contributed by atoms with Crippen molar-refractivity contribution < 1.29 is 14.5 Å². The van der Waals surface area contributed by atoms with Gasteiger partial charge in [0.1, 0.15) is 5.75 Å². The number of para-hydroxylation sites is 2. The number of hydrogen-bond donors (Lipinski definition) is 0. The topological polar surface area (TPSA) is 72.7 Å². The number of nitro benzene ring substituents is 1. The zero-order valence-electron chi connectivity index (χ0n) is 15.3. The van der Waals surface area contributed by atoms with Gasteiger partial charge in [-0.05, 0) is 24.0 Å². The van der Waals surface area contributed by atoms with Gasteiger partial charge in [-0.25, -0.2) is 0 Å². The summed E-state index contributed by atoms with van der Waals surface area (Å²) in [7, 11) is 1.61. The Kier molecular flexibility index (Phi) is 6.72. The van der Waals surface area contributed by atoms with Crippen LogP contribution < -0.4 is 4.74 Å².